The molecule has 0 atom stereocenters. The molecule has 4 aromatic rings. The third-order valence-electron chi connectivity index (χ3n) is 3.01. The molecule has 0 unspecified atom stereocenters. The van der Waals surface area contributed by atoms with Crippen molar-refractivity contribution < 1.29 is 0 Å². The number of rotatable bonds is 3. The van der Waals surface area contributed by atoms with Crippen LogP contribution in [0.3, 0.4) is 0 Å². The van der Waals surface area contributed by atoms with Crippen molar-refractivity contribution in [1.82, 2.24) is 19.1 Å². The van der Waals surface area contributed by atoms with Gasteiger partial charge in [0.2, 0.25) is 5.13 Å². The van der Waals surface area contributed by atoms with Crippen LogP contribution in [-0.2, 0) is 0 Å². The molecular formula is C15H10N4S2. The SMILES string of the molecule is c1ccc(-c2nsc(-n3ccc(-c4cccs4)n3)n2)cc1. The van der Waals surface area contributed by atoms with Crippen LogP contribution in [0.2, 0.25) is 0 Å². The molecule has 3 heterocycles. The average molecular weight is 310 g/mol. The van der Waals surface area contributed by atoms with Crippen LogP contribution in [0.5, 0.6) is 0 Å². The summed E-state index contributed by atoms with van der Waals surface area (Å²) in [5.74, 6) is 0.740. The first kappa shape index (κ1) is 12.4. The molecule has 0 spiro atoms. The number of hydrogen-bond donors (Lipinski definition) is 0. The Bertz CT molecular complexity index is 847. The summed E-state index contributed by atoms with van der Waals surface area (Å²) < 4.78 is 6.18. The molecule has 0 amide bonds. The topological polar surface area (TPSA) is 43.6 Å². The van der Waals surface area contributed by atoms with Gasteiger partial charge in [-0.25, -0.2) is 4.68 Å². The van der Waals surface area contributed by atoms with Crippen molar-refractivity contribution in [3.63, 3.8) is 0 Å². The van der Waals surface area contributed by atoms with E-state index in [1.54, 1.807) is 16.0 Å². The van der Waals surface area contributed by atoms with Crippen molar-refractivity contribution in [2.45, 2.75) is 0 Å². The van der Waals surface area contributed by atoms with Gasteiger partial charge in [-0.15, -0.1) is 11.3 Å². The van der Waals surface area contributed by atoms with Crippen LogP contribution in [0.15, 0.2) is 60.1 Å². The molecule has 0 aliphatic rings. The molecule has 0 aliphatic carbocycles. The van der Waals surface area contributed by atoms with Gasteiger partial charge in [0.05, 0.1) is 4.88 Å². The Morgan fingerprint density at radius 1 is 0.952 bits per heavy atom. The number of thiophene rings is 1. The van der Waals surface area contributed by atoms with Crippen molar-refractivity contribution in [2.75, 3.05) is 0 Å². The number of hydrogen-bond acceptors (Lipinski definition) is 5. The van der Waals surface area contributed by atoms with Gasteiger partial charge in [-0.05, 0) is 17.5 Å². The van der Waals surface area contributed by atoms with Gasteiger partial charge in [0.1, 0.15) is 5.69 Å². The van der Waals surface area contributed by atoms with Crippen LogP contribution in [0.25, 0.3) is 27.1 Å². The lowest BCUT2D eigenvalue weighted by atomic mass is 10.2. The zero-order valence-electron chi connectivity index (χ0n) is 10.9. The molecule has 1 aromatic carbocycles. The molecule has 4 nitrogen and oxygen atoms in total. The minimum absolute atomic E-state index is 0.740. The Morgan fingerprint density at radius 2 is 1.86 bits per heavy atom. The quantitative estimate of drug-likeness (QED) is 0.572. The zero-order valence-corrected chi connectivity index (χ0v) is 12.5. The first-order valence-corrected chi connectivity index (χ1v) is 8.04. The number of benzene rings is 1. The van der Waals surface area contributed by atoms with E-state index in [1.807, 2.05) is 54.0 Å². The maximum Gasteiger partial charge on any atom is 0.230 e. The standard InChI is InChI=1S/C15H10N4S2/c1-2-5-11(6-3-1)14-16-15(21-18-14)19-9-8-12(17-19)13-7-4-10-20-13/h1-10H. The largest absolute Gasteiger partial charge is 0.230 e. The lowest BCUT2D eigenvalue weighted by molar-refractivity contribution is 0.874. The van der Waals surface area contributed by atoms with Gasteiger partial charge in [-0.3, -0.25) is 0 Å². The molecular weight excluding hydrogens is 300 g/mol. The van der Waals surface area contributed by atoms with Gasteiger partial charge in [0.25, 0.3) is 0 Å². The van der Waals surface area contributed by atoms with E-state index in [0.29, 0.717) is 0 Å². The Balaban J connectivity index is 1.67. The van der Waals surface area contributed by atoms with Crippen molar-refractivity contribution in [3.05, 3.63) is 60.1 Å². The van der Waals surface area contributed by atoms with Crippen molar-refractivity contribution in [2.24, 2.45) is 0 Å². The van der Waals surface area contributed by atoms with E-state index in [0.717, 1.165) is 27.1 Å². The van der Waals surface area contributed by atoms with E-state index in [2.05, 4.69) is 20.5 Å². The summed E-state index contributed by atoms with van der Waals surface area (Å²) in [6, 6.07) is 16.0. The van der Waals surface area contributed by atoms with Crippen molar-refractivity contribution in [1.29, 1.82) is 0 Å². The first-order chi connectivity index (χ1) is 10.4. The van der Waals surface area contributed by atoms with Gasteiger partial charge in [0.15, 0.2) is 5.82 Å². The second kappa shape index (κ2) is 5.23. The Morgan fingerprint density at radius 3 is 2.67 bits per heavy atom. The lowest BCUT2D eigenvalue weighted by Gasteiger charge is -1.94. The van der Waals surface area contributed by atoms with E-state index >= 15 is 0 Å². The molecule has 102 valence electrons. The van der Waals surface area contributed by atoms with Gasteiger partial charge in [0, 0.05) is 23.3 Å². The van der Waals surface area contributed by atoms with E-state index < -0.39 is 0 Å². The van der Waals surface area contributed by atoms with Crippen LogP contribution >= 0.6 is 22.9 Å². The summed E-state index contributed by atoms with van der Waals surface area (Å²) >= 11 is 3.03. The monoisotopic (exact) mass is 310 g/mol. The number of nitrogens with zero attached hydrogens (tertiary/aromatic N) is 4. The van der Waals surface area contributed by atoms with Crippen LogP contribution in [-0.4, -0.2) is 19.1 Å². The van der Waals surface area contributed by atoms with Crippen LogP contribution < -0.4 is 0 Å². The van der Waals surface area contributed by atoms with Crippen LogP contribution in [0.4, 0.5) is 0 Å². The highest BCUT2D eigenvalue weighted by molar-refractivity contribution is 7.13. The minimum Gasteiger partial charge on any atom is -0.212 e. The molecule has 21 heavy (non-hydrogen) atoms. The maximum absolute atomic E-state index is 4.56. The van der Waals surface area contributed by atoms with Gasteiger partial charge in [-0.1, -0.05) is 36.4 Å². The molecule has 0 bridgehead atoms. The maximum atomic E-state index is 4.56. The second-order valence-corrected chi connectivity index (χ2v) is 6.07. The molecule has 0 fully saturated rings. The molecule has 6 heteroatoms. The predicted octanol–water partition coefficient (Wildman–Crippen LogP) is 4.12. The van der Waals surface area contributed by atoms with Crippen molar-refractivity contribution in [3.8, 4) is 27.1 Å². The van der Waals surface area contributed by atoms with Gasteiger partial charge < -0.3 is 0 Å². The lowest BCUT2D eigenvalue weighted by Crippen LogP contribution is -1.93. The fraction of sp³-hybridized carbons (Fsp3) is 0. The van der Waals surface area contributed by atoms with Crippen molar-refractivity contribution >= 4 is 22.9 Å². The third kappa shape index (κ3) is 2.39. The highest BCUT2D eigenvalue weighted by atomic mass is 32.1. The second-order valence-electron chi connectivity index (χ2n) is 4.39. The van der Waals surface area contributed by atoms with Gasteiger partial charge >= 0.3 is 0 Å². The Kier molecular flexibility index (Phi) is 3.10. The molecule has 0 aliphatic heterocycles. The summed E-state index contributed by atoms with van der Waals surface area (Å²) in [4.78, 5) is 5.71. The Labute approximate surface area is 129 Å². The molecule has 3 aromatic heterocycles. The summed E-state index contributed by atoms with van der Waals surface area (Å²) in [5.41, 5.74) is 1.98. The smallest absolute Gasteiger partial charge is 0.212 e. The normalized spacial score (nSPS) is 10.9. The molecule has 0 saturated carbocycles. The average Bonchev–Trinajstić information content (AvgIpc) is 3.27. The Hall–Kier alpha value is -2.31. The fourth-order valence-corrected chi connectivity index (χ4v) is 3.32. The minimum atomic E-state index is 0.740. The van der Waals surface area contributed by atoms with Crippen LogP contribution in [0.1, 0.15) is 0 Å². The predicted molar refractivity (Wildman–Crippen MR) is 85.8 cm³/mol. The van der Waals surface area contributed by atoms with E-state index in [4.69, 9.17) is 0 Å². The zero-order chi connectivity index (χ0) is 14.1. The highest BCUT2D eigenvalue weighted by Gasteiger charge is 2.10. The number of aromatic nitrogens is 4. The van der Waals surface area contributed by atoms with E-state index in [-0.39, 0.29) is 0 Å². The molecule has 4 rings (SSSR count). The fourth-order valence-electron chi connectivity index (χ4n) is 2.00. The van der Waals surface area contributed by atoms with E-state index in [1.165, 1.54) is 11.5 Å². The molecule has 0 N–H and O–H groups in total. The summed E-state index contributed by atoms with van der Waals surface area (Å²) in [6.45, 7) is 0. The van der Waals surface area contributed by atoms with E-state index in [9.17, 15) is 0 Å². The summed E-state index contributed by atoms with van der Waals surface area (Å²) in [7, 11) is 0. The summed E-state index contributed by atoms with van der Waals surface area (Å²) in [6.07, 6.45) is 1.92. The van der Waals surface area contributed by atoms with Crippen LogP contribution in [0, 0.1) is 0 Å². The first-order valence-electron chi connectivity index (χ1n) is 6.39. The third-order valence-corrected chi connectivity index (χ3v) is 4.60. The molecule has 0 saturated heterocycles. The summed E-state index contributed by atoms with van der Waals surface area (Å²) in [5, 5.41) is 7.39. The molecule has 0 radical (unpaired) electrons. The highest BCUT2D eigenvalue weighted by Crippen LogP contribution is 2.24. The van der Waals surface area contributed by atoms with Gasteiger partial charge in [-0.2, -0.15) is 14.5 Å².